The van der Waals surface area contributed by atoms with Gasteiger partial charge in [0.25, 0.3) is 0 Å². The van der Waals surface area contributed by atoms with E-state index in [0.717, 1.165) is 25.9 Å². The van der Waals surface area contributed by atoms with Crippen LogP contribution in [-0.4, -0.2) is 43.7 Å². The van der Waals surface area contributed by atoms with Crippen molar-refractivity contribution in [3.8, 4) is 0 Å². The highest BCUT2D eigenvalue weighted by molar-refractivity contribution is 5.85. The van der Waals surface area contributed by atoms with E-state index in [-0.39, 0.29) is 18.4 Å². The van der Waals surface area contributed by atoms with E-state index in [0.29, 0.717) is 12.6 Å². The number of hydrogen-bond donors (Lipinski definition) is 1. The predicted molar refractivity (Wildman–Crippen MR) is 52.9 cm³/mol. The molecule has 4 nitrogen and oxygen atoms in total. The number of hydrogen-bond acceptors (Lipinski definition) is 4. The van der Waals surface area contributed by atoms with Crippen LogP contribution in [0.4, 0.5) is 0 Å². The smallest absolute Gasteiger partial charge is 0.319 e. The highest BCUT2D eigenvalue weighted by Crippen LogP contribution is 2.07. The quantitative estimate of drug-likeness (QED) is 0.650. The number of esters is 1. The molecule has 0 aromatic rings. The second-order valence-corrected chi connectivity index (χ2v) is 3.19. The van der Waals surface area contributed by atoms with E-state index in [1.165, 1.54) is 7.11 Å². The molecule has 1 rings (SSSR count). The zero-order valence-electron chi connectivity index (χ0n) is 7.86. The summed E-state index contributed by atoms with van der Waals surface area (Å²) >= 11 is 0. The third-order valence-electron chi connectivity index (χ3n) is 2.21. The molecule has 5 heteroatoms. The molecule has 0 spiro atoms. The summed E-state index contributed by atoms with van der Waals surface area (Å²) in [6, 6.07) is 0.318. The third-order valence-corrected chi connectivity index (χ3v) is 2.21. The van der Waals surface area contributed by atoms with Crippen LogP contribution in [0.1, 0.15) is 12.8 Å². The fraction of sp³-hybridized carbons (Fsp3) is 0.875. The van der Waals surface area contributed by atoms with Crippen molar-refractivity contribution in [2.24, 2.45) is 5.73 Å². The van der Waals surface area contributed by atoms with Gasteiger partial charge < -0.3 is 10.5 Å². The Morgan fingerprint density at radius 3 is 2.54 bits per heavy atom. The lowest BCUT2D eigenvalue weighted by Gasteiger charge is -2.28. The third kappa shape index (κ3) is 4.45. The van der Waals surface area contributed by atoms with E-state index in [1.807, 2.05) is 0 Å². The van der Waals surface area contributed by atoms with Gasteiger partial charge in [0, 0.05) is 19.1 Å². The molecule has 1 saturated heterocycles. The fourth-order valence-electron chi connectivity index (χ4n) is 1.36. The van der Waals surface area contributed by atoms with E-state index >= 15 is 0 Å². The van der Waals surface area contributed by atoms with E-state index < -0.39 is 0 Å². The van der Waals surface area contributed by atoms with E-state index in [2.05, 4.69) is 9.64 Å². The SMILES string of the molecule is COC(=O)CN1CCC(N)CC1.Cl. The minimum atomic E-state index is -0.162. The van der Waals surface area contributed by atoms with Gasteiger partial charge in [0.15, 0.2) is 0 Å². The number of methoxy groups -OCH3 is 1. The number of carbonyl (C=O) groups is 1. The van der Waals surface area contributed by atoms with Gasteiger partial charge in [-0.2, -0.15) is 0 Å². The van der Waals surface area contributed by atoms with Crippen molar-refractivity contribution in [1.29, 1.82) is 0 Å². The summed E-state index contributed by atoms with van der Waals surface area (Å²) in [5, 5.41) is 0. The van der Waals surface area contributed by atoms with Gasteiger partial charge in [0.2, 0.25) is 0 Å². The molecule has 1 fully saturated rings. The Morgan fingerprint density at radius 1 is 1.54 bits per heavy atom. The Hall–Kier alpha value is -0.320. The highest BCUT2D eigenvalue weighted by atomic mass is 35.5. The molecule has 0 aromatic heterocycles. The van der Waals surface area contributed by atoms with Crippen molar-refractivity contribution in [3.63, 3.8) is 0 Å². The summed E-state index contributed by atoms with van der Waals surface area (Å²) in [6.07, 6.45) is 1.97. The zero-order valence-corrected chi connectivity index (χ0v) is 8.68. The molecule has 0 aliphatic carbocycles. The molecule has 1 heterocycles. The number of nitrogens with two attached hydrogens (primary N) is 1. The number of rotatable bonds is 2. The maximum atomic E-state index is 10.9. The topological polar surface area (TPSA) is 55.6 Å². The second-order valence-electron chi connectivity index (χ2n) is 3.19. The summed E-state index contributed by atoms with van der Waals surface area (Å²) in [4.78, 5) is 12.9. The number of carbonyl (C=O) groups excluding carboxylic acids is 1. The van der Waals surface area contributed by atoms with Crippen molar-refractivity contribution < 1.29 is 9.53 Å². The van der Waals surface area contributed by atoms with Crippen LogP contribution in [0, 0.1) is 0 Å². The van der Waals surface area contributed by atoms with Crippen LogP contribution in [0.25, 0.3) is 0 Å². The maximum absolute atomic E-state index is 10.9. The van der Waals surface area contributed by atoms with Crippen LogP contribution in [0.3, 0.4) is 0 Å². The van der Waals surface area contributed by atoms with Crippen LogP contribution < -0.4 is 5.73 Å². The average Bonchev–Trinajstić information content (AvgIpc) is 2.09. The lowest BCUT2D eigenvalue weighted by atomic mass is 10.1. The second kappa shape index (κ2) is 6.18. The monoisotopic (exact) mass is 208 g/mol. The van der Waals surface area contributed by atoms with Gasteiger partial charge in [-0.3, -0.25) is 9.69 Å². The number of halogens is 1. The predicted octanol–water partition coefficient (Wildman–Crippen LogP) is 0.00430. The minimum Gasteiger partial charge on any atom is -0.468 e. The normalized spacial score (nSPS) is 19.2. The molecular weight excluding hydrogens is 192 g/mol. The molecule has 1 aliphatic heterocycles. The Balaban J connectivity index is 0.00000144. The Bertz CT molecular complexity index is 158. The fourth-order valence-corrected chi connectivity index (χ4v) is 1.36. The van der Waals surface area contributed by atoms with E-state index in [9.17, 15) is 4.79 Å². The first-order chi connectivity index (χ1) is 5.72. The highest BCUT2D eigenvalue weighted by Gasteiger charge is 2.17. The summed E-state index contributed by atoms with van der Waals surface area (Å²) in [5.74, 6) is -0.162. The van der Waals surface area contributed by atoms with Gasteiger partial charge in [-0.15, -0.1) is 12.4 Å². The van der Waals surface area contributed by atoms with Gasteiger partial charge in [-0.1, -0.05) is 0 Å². The van der Waals surface area contributed by atoms with Crippen molar-refractivity contribution in [2.45, 2.75) is 18.9 Å². The van der Waals surface area contributed by atoms with Crippen molar-refractivity contribution in [3.05, 3.63) is 0 Å². The summed E-state index contributed by atoms with van der Waals surface area (Å²) in [6.45, 7) is 2.23. The summed E-state index contributed by atoms with van der Waals surface area (Å²) in [7, 11) is 1.41. The molecule has 78 valence electrons. The van der Waals surface area contributed by atoms with Gasteiger partial charge in [0.1, 0.15) is 0 Å². The van der Waals surface area contributed by atoms with Crippen LogP contribution in [0.15, 0.2) is 0 Å². The lowest BCUT2D eigenvalue weighted by molar-refractivity contribution is -0.142. The van der Waals surface area contributed by atoms with Gasteiger partial charge in [-0.25, -0.2) is 0 Å². The molecule has 13 heavy (non-hydrogen) atoms. The zero-order chi connectivity index (χ0) is 8.97. The first kappa shape index (κ1) is 12.7. The maximum Gasteiger partial charge on any atom is 0.319 e. The van der Waals surface area contributed by atoms with Crippen molar-refractivity contribution in [2.75, 3.05) is 26.7 Å². The molecule has 0 bridgehead atoms. The first-order valence-corrected chi connectivity index (χ1v) is 4.27. The molecule has 2 N–H and O–H groups in total. The molecule has 0 atom stereocenters. The van der Waals surface area contributed by atoms with Gasteiger partial charge in [0.05, 0.1) is 13.7 Å². The Labute approximate surface area is 84.8 Å². The number of ether oxygens (including phenoxy) is 1. The lowest BCUT2D eigenvalue weighted by Crippen LogP contribution is -2.42. The largest absolute Gasteiger partial charge is 0.468 e. The van der Waals surface area contributed by atoms with Gasteiger partial charge >= 0.3 is 5.97 Å². The van der Waals surface area contributed by atoms with E-state index in [4.69, 9.17) is 5.73 Å². The Kier molecular flexibility index (Phi) is 6.03. The van der Waals surface area contributed by atoms with Crippen LogP contribution >= 0.6 is 12.4 Å². The average molecular weight is 209 g/mol. The summed E-state index contributed by atoms with van der Waals surface area (Å²) in [5.41, 5.74) is 5.72. The first-order valence-electron chi connectivity index (χ1n) is 4.27. The Morgan fingerprint density at radius 2 is 2.08 bits per heavy atom. The van der Waals surface area contributed by atoms with Crippen molar-refractivity contribution >= 4 is 18.4 Å². The van der Waals surface area contributed by atoms with E-state index in [1.54, 1.807) is 0 Å². The molecule has 0 radical (unpaired) electrons. The molecule has 0 saturated carbocycles. The molecule has 0 aromatic carbocycles. The van der Waals surface area contributed by atoms with Crippen molar-refractivity contribution in [1.82, 2.24) is 4.90 Å². The molecule has 0 amide bonds. The van der Waals surface area contributed by atoms with Crippen LogP contribution in [-0.2, 0) is 9.53 Å². The standard InChI is InChI=1S/C8H16N2O2.ClH/c1-12-8(11)6-10-4-2-7(9)3-5-10;/h7H,2-6,9H2,1H3;1H. The minimum absolute atomic E-state index is 0. The van der Waals surface area contributed by atoms with Crippen LogP contribution in [0.5, 0.6) is 0 Å². The molecule has 0 unspecified atom stereocenters. The summed E-state index contributed by atoms with van der Waals surface area (Å²) < 4.78 is 4.57. The molecule has 1 aliphatic rings. The number of piperidine rings is 1. The molecular formula is C8H17ClN2O2. The number of nitrogens with zero attached hydrogens (tertiary/aromatic N) is 1. The van der Waals surface area contributed by atoms with Crippen LogP contribution in [0.2, 0.25) is 0 Å². The van der Waals surface area contributed by atoms with Gasteiger partial charge in [-0.05, 0) is 12.8 Å². The number of likely N-dealkylation sites (tertiary alicyclic amines) is 1.